The average molecular weight is 429 g/mol. The number of hydrogen-bond acceptors (Lipinski definition) is 4. The molecule has 0 aromatic heterocycles. The van der Waals surface area contributed by atoms with Gasteiger partial charge in [-0.1, -0.05) is 19.1 Å². The fourth-order valence-corrected chi connectivity index (χ4v) is 4.78. The Kier molecular flexibility index (Phi) is 7.84. The fourth-order valence-electron chi connectivity index (χ4n) is 4.78. The Morgan fingerprint density at radius 2 is 1.71 bits per heavy atom. The smallest absolute Gasteiger partial charge is 0.161 e. The van der Waals surface area contributed by atoms with Gasteiger partial charge >= 0.3 is 0 Å². The van der Waals surface area contributed by atoms with Gasteiger partial charge in [-0.2, -0.15) is 0 Å². The van der Waals surface area contributed by atoms with Gasteiger partial charge in [0.25, 0.3) is 0 Å². The zero-order valence-electron chi connectivity index (χ0n) is 19.7. The largest absolute Gasteiger partial charge is 0.497 e. The van der Waals surface area contributed by atoms with Gasteiger partial charge in [0, 0.05) is 24.0 Å². The van der Waals surface area contributed by atoms with Crippen LogP contribution in [-0.2, 0) is 16.7 Å². The molecule has 3 rings (SSSR count). The second kappa shape index (κ2) is 10.4. The van der Waals surface area contributed by atoms with Crippen LogP contribution < -0.4 is 19.5 Å². The van der Waals surface area contributed by atoms with Crippen LogP contribution in [0.3, 0.4) is 0 Å². The number of quaternary nitrogens is 1. The molecule has 5 nitrogen and oxygen atoms in total. The van der Waals surface area contributed by atoms with E-state index in [4.69, 9.17) is 18.9 Å². The molecule has 2 aromatic rings. The van der Waals surface area contributed by atoms with Crippen LogP contribution in [0.25, 0.3) is 0 Å². The van der Waals surface area contributed by atoms with E-state index < -0.39 is 0 Å². The summed E-state index contributed by atoms with van der Waals surface area (Å²) in [5.41, 5.74) is 2.70. The quantitative estimate of drug-likeness (QED) is 0.580. The lowest BCUT2D eigenvalue weighted by Gasteiger charge is -2.46. The monoisotopic (exact) mass is 428 g/mol. The maximum absolute atomic E-state index is 6.20. The van der Waals surface area contributed by atoms with Crippen LogP contribution in [0.4, 0.5) is 0 Å². The molecule has 0 bridgehead atoms. The number of nitrogens with two attached hydrogens (primary N) is 1. The Balaban J connectivity index is 1.70. The highest BCUT2D eigenvalue weighted by Gasteiger charge is 2.43. The molecule has 1 fully saturated rings. The Bertz CT molecular complexity index is 838. The van der Waals surface area contributed by atoms with Crippen LogP contribution in [0.1, 0.15) is 50.7 Å². The van der Waals surface area contributed by atoms with Crippen molar-refractivity contribution in [3.8, 4) is 17.2 Å². The predicted octanol–water partition coefficient (Wildman–Crippen LogP) is 4.08. The third-order valence-corrected chi connectivity index (χ3v) is 6.85. The highest BCUT2D eigenvalue weighted by Crippen LogP contribution is 2.45. The molecule has 2 atom stereocenters. The summed E-state index contributed by atoms with van der Waals surface area (Å²) >= 11 is 0. The molecule has 2 aromatic carbocycles. The molecule has 0 spiro atoms. The zero-order chi connectivity index (χ0) is 22.3. The van der Waals surface area contributed by atoms with Gasteiger partial charge in [-0.3, -0.25) is 0 Å². The van der Waals surface area contributed by atoms with Crippen molar-refractivity contribution in [3.63, 3.8) is 0 Å². The molecule has 0 radical (unpaired) electrons. The molecule has 31 heavy (non-hydrogen) atoms. The maximum Gasteiger partial charge on any atom is 0.161 e. The van der Waals surface area contributed by atoms with E-state index in [1.165, 1.54) is 11.1 Å². The summed E-state index contributed by atoms with van der Waals surface area (Å²) in [6.45, 7) is 7.28. The van der Waals surface area contributed by atoms with Gasteiger partial charge in [0.1, 0.15) is 12.3 Å². The van der Waals surface area contributed by atoms with Crippen molar-refractivity contribution in [2.75, 3.05) is 34.5 Å². The molecule has 1 saturated heterocycles. The van der Waals surface area contributed by atoms with E-state index in [-0.39, 0.29) is 11.0 Å². The van der Waals surface area contributed by atoms with E-state index in [0.29, 0.717) is 0 Å². The van der Waals surface area contributed by atoms with Crippen LogP contribution >= 0.6 is 0 Å². The minimum Gasteiger partial charge on any atom is -0.497 e. The van der Waals surface area contributed by atoms with Crippen molar-refractivity contribution in [2.45, 2.75) is 57.1 Å². The molecule has 5 heteroatoms. The lowest BCUT2D eigenvalue weighted by atomic mass is 9.66. The summed E-state index contributed by atoms with van der Waals surface area (Å²) in [5, 5.41) is 2.39. The van der Waals surface area contributed by atoms with E-state index in [2.05, 4.69) is 55.6 Å². The van der Waals surface area contributed by atoms with Crippen molar-refractivity contribution < 1.29 is 24.3 Å². The zero-order valence-corrected chi connectivity index (χ0v) is 19.7. The third-order valence-electron chi connectivity index (χ3n) is 6.85. The van der Waals surface area contributed by atoms with Crippen molar-refractivity contribution in [1.82, 2.24) is 0 Å². The maximum atomic E-state index is 6.20. The van der Waals surface area contributed by atoms with E-state index >= 15 is 0 Å². The summed E-state index contributed by atoms with van der Waals surface area (Å²) in [4.78, 5) is 0. The molecular weight excluding hydrogens is 390 g/mol. The van der Waals surface area contributed by atoms with E-state index in [9.17, 15) is 0 Å². The Hall–Kier alpha value is -2.24. The van der Waals surface area contributed by atoms with Crippen molar-refractivity contribution >= 4 is 0 Å². The minimum atomic E-state index is -0.0679. The summed E-state index contributed by atoms with van der Waals surface area (Å²) < 4.78 is 22.4. The third kappa shape index (κ3) is 5.52. The summed E-state index contributed by atoms with van der Waals surface area (Å²) in [5.74, 6) is 2.46. The van der Waals surface area contributed by atoms with Crippen LogP contribution in [0, 0.1) is 0 Å². The Morgan fingerprint density at radius 3 is 2.35 bits per heavy atom. The van der Waals surface area contributed by atoms with Gasteiger partial charge in [-0.15, -0.1) is 0 Å². The van der Waals surface area contributed by atoms with Crippen LogP contribution in [0.5, 0.6) is 17.2 Å². The number of benzene rings is 2. The highest BCUT2D eigenvalue weighted by molar-refractivity contribution is 5.42. The molecule has 0 unspecified atom stereocenters. The minimum absolute atomic E-state index is 0.0679. The first kappa shape index (κ1) is 23.4. The number of ether oxygens (including phenoxy) is 4. The molecule has 0 saturated carbocycles. The lowest BCUT2D eigenvalue weighted by Crippen LogP contribution is -2.83. The molecule has 0 amide bonds. The number of rotatable bonds is 10. The summed E-state index contributed by atoms with van der Waals surface area (Å²) in [6.07, 6.45) is 4.25. The molecule has 1 aliphatic rings. The average Bonchev–Trinajstić information content (AvgIpc) is 2.81. The first-order chi connectivity index (χ1) is 15.0. The second-order valence-electron chi connectivity index (χ2n) is 8.81. The van der Waals surface area contributed by atoms with Crippen LogP contribution in [-0.4, -0.2) is 40.1 Å². The Morgan fingerprint density at radius 1 is 0.968 bits per heavy atom. The van der Waals surface area contributed by atoms with Gasteiger partial charge in [-0.05, 0) is 62.1 Å². The van der Waals surface area contributed by atoms with Gasteiger partial charge in [0.15, 0.2) is 11.5 Å². The molecule has 1 heterocycles. The number of methoxy groups -OCH3 is 3. The van der Waals surface area contributed by atoms with Crippen molar-refractivity contribution in [2.24, 2.45) is 0 Å². The second-order valence-corrected chi connectivity index (χ2v) is 8.81. The van der Waals surface area contributed by atoms with Gasteiger partial charge in [-0.25, -0.2) is 0 Å². The fraction of sp³-hybridized carbons (Fsp3) is 0.538. The van der Waals surface area contributed by atoms with Crippen LogP contribution in [0.2, 0.25) is 0 Å². The van der Waals surface area contributed by atoms with E-state index in [0.717, 1.165) is 62.6 Å². The normalized spacial score (nSPS) is 23.4. The molecular formula is C26H38NO4+. The molecule has 170 valence electrons. The highest BCUT2D eigenvalue weighted by atomic mass is 16.5. The summed E-state index contributed by atoms with van der Waals surface area (Å²) in [6, 6.07) is 14.8. The SMILES string of the molecule is CC[C@@]1(C)C[C@](CC[NH2+]Cc2ccc(OC)c(OC)c2)(c2ccc(OC)cc2)CCO1. The topological polar surface area (TPSA) is 53.5 Å². The number of hydrogen-bond donors (Lipinski definition) is 1. The molecule has 1 aliphatic heterocycles. The van der Waals surface area contributed by atoms with E-state index in [1.807, 2.05) is 6.07 Å². The van der Waals surface area contributed by atoms with Crippen molar-refractivity contribution in [1.29, 1.82) is 0 Å². The molecule has 0 aliphatic carbocycles. The predicted molar refractivity (Wildman–Crippen MR) is 123 cm³/mol. The van der Waals surface area contributed by atoms with Gasteiger partial charge in [0.05, 0.1) is 33.5 Å². The first-order valence-electron chi connectivity index (χ1n) is 11.3. The standard InChI is InChI=1S/C26H37NO4/c1-6-25(2)19-26(14-16-31-25,21-8-10-22(28-3)11-9-21)13-15-27-18-20-7-12-23(29-4)24(17-20)30-5/h7-12,17,27H,6,13-16,18-19H2,1-5H3/p+1/t25-,26+/m0/s1. The molecule has 2 N–H and O–H groups in total. The van der Waals surface area contributed by atoms with Crippen molar-refractivity contribution in [3.05, 3.63) is 53.6 Å². The summed E-state index contributed by atoms with van der Waals surface area (Å²) in [7, 11) is 5.07. The first-order valence-corrected chi connectivity index (χ1v) is 11.3. The van der Waals surface area contributed by atoms with Gasteiger partial charge in [0.2, 0.25) is 0 Å². The Labute approximate surface area is 187 Å². The van der Waals surface area contributed by atoms with Crippen LogP contribution in [0.15, 0.2) is 42.5 Å². The van der Waals surface area contributed by atoms with E-state index in [1.54, 1.807) is 21.3 Å². The lowest BCUT2D eigenvalue weighted by molar-refractivity contribution is -0.672. The van der Waals surface area contributed by atoms with Gasteiger partial charge < -0.3 is 24.3 Å².